The zero-order chi connectivity index (χ0) is 17.7. The minimum atomic E-state index is -0.240. The Morgan fingerprint density at radius 3 is 2.67 bits per heavy atom. The number of hydrogen-bond donors (Lipinski definition) is 1. The van der Waals surface area contributed by atoms with Crippen molar-refractivity contribution < 1.29 is 9.53 Å². The van der Waals surface area contributed by atoms with E-state index >= 15 is 0 Å². The smallest absolute Gasteiger partial charge is 0.264 e. The van der Waals surface area contributed by atoms with Gasteiger partial charge in [-0.15, -0.1) is 10.2 Å². The second-order valence-corrected chi connectivity index (χ2v) is 9.42. The van der Waals surface area contributed by atoms with Crippen molar-refractivity contribution in [2.75, 3.05) is 11.9 Å². The van der Waals surface area contributed by atoms with Crippen LogP contribution in [-0.4, -0.2) is 28.0 Å². The van der Waals surface area contributed by atoms with Gasteiger partial charge in [0, 0.05) is 5.25 Å². The van der Waals surface area contributed by atoms with E-state index in [0.717, 1.165) is 15.7 Å². The second-order valence-electron chi connectivity index (χ2n) is 6.62. The Morgan fingerprint density at radius 2 is 2.00 bits per heavy atom. The number of carbonyl (C=O) groups is 1. The lowest BCUT2D eigenvalue weighted by Gasteiger charge is -2.22. The topological polar surface area (TPSA) is 64.1 Å². The van der Waals surface area contributed by atoms with Gasteiger partial charge in [-0.2, -0.15) is 0 Å². The number of hydrogen-bond acceptors (Lipinski definition) is 6. The van der Waals surface area contributed by atoms with Gasteiger partial charge in [0.25, 0.3) is 5.91 Å². The van der Waals surface area contributed by atoms with E-state index in [2.05, 4.69) is 50.1 Å². The Kier molecular flexibility index (Phi) is 6.23. The Labute approximate surface area is 151 Å². The molecule has 0 aliphatic carbocycles. The fourth-order valence-corrected chi connectivity index (χ4v) is 4.01. The lowest BCUT2D eigenvalue weighted by molar-refractivity contribution is -0.118. The number of nitrogens with zero attached hydrogens (tertiary/aromatic N) is 2. The van der Waals surface area contributed by atoms with Gasteiger partial charge >= 0.3 is 0 Å². The number of benzene rings is 1. The van der Waals surface area contributed by atoms with Gasteiger partial charge in [0.05, 0.1) is 0 Å². The van der Waals surface area contributed by atoms with Crippen LogP contribution < -0.4 is 10.1 Å². The molecule has 1 aromatic carbocycles. The van der Waals surface area contributed by atoms with Gasteiger partial charge in [0.1, 0.15) is 5.75 Å². The minimum Gasteiger partial charge on any atom is -0.483 e. The fraction of sp³-hybridized carbons (Fsp3) is 0.471. The number of para-hydroxylation sites is 1. The maximum absolute atomic E-state index is 12.1. The van der Waals surface area contributed by atoms with Crippen molar-refractivity contribution in [3.8, 4) is 5.75 Å². The number of rotatable bonds is 6. The number of nitrogens with one attached hydrogen (secondary N) is 1. The molecule has 130 valence electrons. The van der Waals surface area contributed by atoms with Crippen molar-refractivity contribution in [3.63, 3.8) is 0 Å². The van der Waals surface area contributed by atoms with Crippen LogP contribution in [0, 0.1) is 0 Å². The average Bonchev–Trinajstić information content (AvgIpc) is 2.90. The largest absolute Gasteiger partial charge is 0.483 e. The highest BCUT2D eigenvalue weighted by Gasteiger charge is 2.19. The molecule has 0 fully saturated rings. The molecule has 0 aliphatic rings. The molecule has 2 aromatic rings. The molecule has 0 saturated heterocycles. The van der Waals surface area contributed by atoms with Crippen molar-refractivity contribution in [1.82, 2.24) is 10.2 Å². The first-order chi connectivity index (χ1) is 11.3. The van der Waals surface area contributed by atoms with E-state index in [-0.39, 0.29) is 17.9 Å². The summed E-state index contributed by atoms with van der Waals surface area (Å²) in [5, 5.41) is 11.7. The van der Waals surface area contributed by atoms with E-state index in [1.807, 2.05) is 24.3 Å². The van der Waals surface area contributed by atoms with E-state index in [0.29, 0.717) is 10.4 Å². The average molecular weight is 366 g/mol. The van der Waals surface area contributed by atoms with Crippen LogP contribution in [0.5, 0.6) is 5.75 Å². The third-order valence-corrected chi connectivity index (χ3v) is 4.97. The summed E-state index contributed by atoms with van der Waals surface area (Å²) in [5.41, 5.74) is 1.03. The van der Waals surface area contributed by atoms with Gasteiger partial charge in [0.15, 0.2) is 10.9 Å². The number of carbonyl (C=O) groups excluding carboxylic acids is 1. The predicted molar refractivity (Wildman–Crippen MR) is 100 cm³/mol. The molecule has 1 amide bonds. The first kappa shape index (κ1) is 18.7. The summed E-state index contributed by atoms with van der Waals surface area (Å²) in [4.78, 5) is 12.1. The molecule has 1 heterocycles. The quantitative estimate of drug-likeness (QED) is 0.609. The molecule has 24 heavy (non-hydrogen) atoms. The van der Waals surface area contributed by atoms with Gasteiger partial charge in [-0.05, 0) is 17.0 Å². The first-order valence-electron chi connectivity index (χ1n) is 7.78. The summed E-state index contributed by atoms with van der Waals surface area (Å²) in [6, 6.07) is 7.79. The Balaban J connectivity index is 1.93. The molecule has 1 N–H and O–H groups in total. The molecule has 7 heteroatoms. The van der Waals surface area contributed by atoms with Crippen LogP contribution in [0.25, 0.3) is 0 Å². The molecule has 0 radical (unpaired) electrons. The second kappa shape index (κ2) is 7.98. The third kappa shape index (κ3) is 5.49. The third-order valence-electron chi connectivity index (χ3n) is 3.04. The highest BCUT2D eigenvalue weighted by molar-refractivity contribution is 8.01. The number of amides is 1. The summed E-state index contributed by atoms with van der Waals surface area (Å²) >= 11 is 3.00. The number of anilines is 1. The molecule has 5 nitrogen and oxygen atoms in total. The lowest BCUT2D eigenvalue weighted by atomic mass is 9.86. The van der Waals surface area contributed by atoms with Crippen LogP contribution >= 0.6 is 23.1 Å². The Bertz CT molecular complexity index is 693. The molecule has 2 rings (SSSR count). The molecule has 0 spiro atoms. The van der Waals surface area contributed by atoms with E-state index in [1.54, 1.807) is 11.8 Å². The van der Waals surface area contributed by atoms with Crippen LogP contribution in [0.3, 0.4) is 0 Å². The van der Waals surface area contributed by atoms with Crippen LogP contribution in [0.4, 0.5) is 5.13 Å². The van der Waals surface area contributed by atoms with Crippen LogP contribution in [0.2, 0.25) is 0 Å². The highest BCUT2D eigenvalue weighted by Crippen LogP contribution is 2.31. The number of aromatic nitrogens is 2. The molecule has 0 aliphatic heterocycles. The fourth-order valence-electron chi connectivity index (χ4n) is 2.02. The summed E-state index contributed by atoms with van der Waals surface area (Å²) in [7, 11) is 0. The lowest BCUT2D eigenvalue weighted by Crippen LogP contribution is -2.21. The van der Waals surface area contributed by atoms with Crippen molar-refractivity contribution >= 4 is 34.1 Å². The normalized spacial score (nSPS) is 11.6. The maximum Gasteiger partial charge on any atom is 0.264 e. The van der Waals surface area contributed by atoms with Crippen molar-refractivity contribution in [2.24, 2.45) is 0 Å². The summed E-state index contributed by atoms with van der Waals surface area (Å²) in [6.07, 6.45) is 0. The molecule has 0 unspecified atom stereocenters. The predicted octanol–water partition coefficient (Wildman–Crippen LogP) is 4.35. The first-order valence-corrected chi connectivity index (χ1v) is 9.47. The maximum atomic E-state index is 12.1. The summed E-state index contributed by atoms with van der Waals surface area (Å²) < 4.78 is 6.55. The van der Waals surface area contributed by atoms with E-state index in [1.165, 1.54) is 11.3 Å². The van der Waals surface area contributed by atoms with Gasteiger partial charge < -0.3 is 4.74 Å². The molecular formula is C17H23N3O2S2. The Hall–Kier alpha value is -1.60. The molecule has 0 saturated carbocycles. The van der Waals surface area contributed by atoms with Gasteiger partial charge in [-0.1, -0.05) is 75.9 Å². The zero-order valence-electron chi connectivity index (χ0n) is 14.6. The van der Waals surface area contributed by atoms with E-state index < -0.39 is 0 Å². The van der Waals surface area contributed by atoms with Crippen molar-refractivity contribution in [3.05, 3.63) is 29.8 Å². The molecule has 0 atom stereocenters. The molecular weight excluding hydrogens is 342 g/mol. The summed E-state index contributed by atoms with van der Waals surface area (Å²) in [6.45, 7) is 10.5. The van der Waals surface area contributed by atoms with Crippen LogP contribution in [0.1, 0.15) is 40.2 Å². The number of thioether (sulfide) groups is 1. The van der Waals surface area contributed by atoms with E-state index in [9.17, 15) is 4.79 Å². The Morgan fingerprint density at radius 1 is 1.29 bits per heavy atom. The molecule has 1 aromatic heterocycles. The SMILES string of the molecule is CC(C)Sc1nnc(NC(=O)COc2ccccc2C(C)(C)C)s1. The highest BCUT2D eigenvalue weighted by atomic mass is 32.2. The molecule has 0 bridgehead atoms. The van der Waals surface area contributed by atoms with Crippen molar-refractivity contribution in [1.29, 1.82) is 0 Å². The van der Waals surface area contributed by atoms with Gasteiger partial charge in [-0.25, -0.2) is 0 Å². The van der Waals surface area contributed by atoms with Crippen LogP contribution in [-0.2, 0) is 10.2 Å². The van der Waals surface area contributed by atoms with E-state index in [4.69, 9.17) is 4.74 Å². The summed E-state index contributed by atoms with van der Waals surface area (Å²) in [5.74, 6) is 0.490. The van der Waals surface area contributed by atoms with Gasteiger partial charge in [0.2, 0.25) is 5.13 Å². The van der Waals surface area contributed by atoms with Crippen molar-refractivity contribution in [2.45, 2.75) is 49.6 Å². The number of ether oxygens (including phenoxy) is 1. The van der Waals surface area contributed by atoms with Crippen LogP contribution in [0.15, 0.2) is 28.6 Å². The zero-order valence-corrected chi connectivity index (χ0v) is 16.3. The minimum absolute atomic E-state index is 0.0464. The van der Waals surface area contributed by atoms with Gasteiger partial charge in [-0.3, -0.25) is 10.1 Å². The standard InChI is InChI=1S/C17H23N3O2S2/c1-11(2)23-16-20-19-15(24-16)18-14(21)10-22-13-9-7-6-8-12(13)17(3,4)5/h6-9,11H,10H2,1-5H3,(H,18,19,21). The monoisotopic (exact) mass is 365 g/mol.